The van der Waals surface area contributed by atoms with Crippen molar-refractivity contribution in [3.05, 3.63) is 58.5 Å². The Balaban J connectivity index is 2.57. The van der Waals surface area contributed by atoms with Gasteiger partial charge in [-0.3, -0.25) is 4.79 Å². The van der Waals surface area contributed by atoms with E-state index in [1.807, 2.05) is 0 Å². The summed E-state index contributed by atoms with van der Waals surface area (Å²) in [4.78, 5) is 15.9. The molecule has 0 unspecified atom stereocenters. The van der Waals surface area contributed by atoms with Crippen LogP contribution < -0.4 is 5.73 Å². The molecule has 0 amide bonds. The highest BCUT2D eigenvalue weighted by molar-refractivity contribution is 6.12. The van der Waals surface area contributed by atoms with E-state index in [4.69, 9.17) is 5.73 Å². The lowest BCUT2D eigenvalue weighted by Crippen LogP contribution is -2.10. The van der Waals surface area contributed by atoms with Crippen molar-refractivity contribution in [1.82, 2.24) is 4.98 Å². The van der Waals surface area contributed by atoms with Crippen molar-refractivity contribution >= 4 is 11.6 Å². The fraction of sp³-hybridized carbons (Fsp3) is 0.0769. The lowest BCUT2D eigenvalue weighted by molar-refractivity contribution is 0.103. The predicted molar refractivity (Wildman–Crippen MR) is 63.1 cm³/mol. The van der Waals surface area contributed by atoms with Crippen LogP contribution in [0.4, 0.5) is 19.0 Å². The second kappa shape index (κ2) is 4.72. The van der Waals surface area contributed by atoms with Crippen LogP contribution in [-0.4, -0.2) is 10.8 Å². The van der Waals surface area contributed by atoms with Gasteiger partial charge in [-0.15, -0.1) is 0 Å². The first-order valence-electron chi connectivity index (χ1n) is 5.32. The van der Waals surface area contributed by atoms with Crippen LogP contribution in [0.1, 0.15) is 21.5 Å². The van der Waals surface area contributed by atoms with Crippen LogP contribution in [-0.2, 0) is 0 Å². The van der Waals surface area contributed by atoms with Crippen LogP contribution in [0.2, 0.25) is 0 Å². The Morgan fingerprint density at radius 2 is 1.79 bits per heavy atom. The molecular formula is C13H9F3N2O. The largest absolute Gasteiger partial charge is 0.383 e. The summed E-state index contributed by atoms with van der Waals surface area (Å²) < 4.78 is 39.0. The summed E-state index contributed by atoms with van der Waals surface area (Å²) in [7, 11) is 0. The molecule has 2 rings (SSSR count). The van der Waals surface area contributed by atoms with Crippen molar-refractivity contribution < 1.29 is 18.0 Å². The molecule has 0 radical (unpaired) electrons. The Bertz CT molecular complexity index is 628. The van der Waals surface area contributed by atoms with Gasteiger partial charge in [-0.05, 0) is 30.7 Å². The molecule has 1 aromatic heterocycles. The summed E-state index contributed by atoms with van der Waals surface area (Å²) in [5.41, 5.74) is 5.82. The van der Waals surface area contributed by atoms with Crippen LogP contribution in [0.3, 0.4) is 0 Å². The molecule has 2 aromatic rings. The highest BCUT2D eigenvalue weighted by atomic mass is 19.2. The third-order valence-electron chi connectivity index (χ3n) is 2.66. The number of nitrogens with zero attached hydrogens (tertiary/aromatic N) is 1. The third-order valence-corrected chi connectivity index (χ3v) is 2.66. The number of pyridine rings is 1. The summed E-state index contributed by atoms with van der Waals surface area (Å²) >= 11 is 0. The lowest BCUT2D eigenvalue weighted by atomic mass is 10.00. The number of carbonyl (C=O) groups is 1. The number of aryl methyl sites for hydroxylation is 1. The lowest BCUT2D eigenvalue weighted by Gasteiger charge is -2.08. The van der Waals surface area contributed by atoms with Gasteiger partial charge in [-0.2, -0.15) is 0 Å². The van der Waals surface area contributed by atoms with Gasteiger partial charge in [0.1, 0.15) is 5.82 Å². The average Bonchev–Trinajstić information content (AvgIpc) is 2.35. The molecule has 0 aliphatic rings. The SMILES string of the molecule is Cc1ccnc(N)c1C(=O)c1cc(F)c(F)c(F)c1. The third kappa shape index (κ3) is 2.29. The minimum atomic E-state index is -1.62. The number of ketones is 1. The number of aromatic nitrogens is 1. The smallest absolute Gasteiger partial charge is 0.197 e. The number of hydrogen-bond donors (Lipinski definition) is 1. The number of nitrogen functional groups attached to an aromatic ring is 1. The number of nitrogens with two attached hydrogens (primary N) is 1. The molecule has 0 saturated heterocycles. The molecule has 2 N–H and O–H groups in total. The predicted octanol–water partition coefficient (Wildman–Crippen LogP) is 2.62. The fourth-order valence-electron chi connectivity index (χ4n) is 1.71. The quantitative estimate of drug-likeness (QED) is 0.671. The van der Waals surface area contributed by atoms with E-state index in [9.17, 15) is 18.0 Å². The molecule has 0 fully saturated rings. The van der Waals surface area contributed by atoms with Crippen LogP contribution in [0.15, 0.2) is 24.4 Å². The maximum atomic E-state index is 13.1. The maximum absolute atomic E-state index is 13.1. The number of benzene rings is 1. The Morgan fingerprint density at radius 1 is 1.21 bits per heavy atom. The van der Waals surface area contributed by atoms with E-state index in [1.54, 1.807) is 13.0 Å². The Kier molecular flexibility index (Phi) is 3.25. The molecule has 0 bridgehead atoms. The molecule has 0 atom stereocenters. The van der Waals surface area contributed by atoms with E-state index in [2.05, 4.69) is 4.98 Å². The van der Waals surface area contributed by atoms with Gasteiger partial charge in [-0.25, -0.2) is 18.2 Å². The zero-order chi connectivity index (χ0) is 14.2. The molecular weight excluding hydrogens is 257 g/mol. The summed E-state index contributed by atoms with van der Waals surface area (Å²) in [6.07, 6.45) is 1.41. The van der Waals surface area contributed by atoms with E-state index in [-0.39, 0.29) is 16.9 Å². The summed E-state index contributed by atoms with van der Waals surface area (Å²) in [5.74, 6) is -5.23. The van der Waals surface area contributed by atoms with Crippen LogP contribution in [0.5, 0.6) is 0 Å². The minimum Gasteiger partial charge on any atom is -0.383 e. The zero-order valence-corrected chi connectivity index (χ0v) is 9.88. The first-order valence-corrected chi connectivity index (χ1v) is 5.32. The van der Waals surface area contributed by atoms with E-state index < -0.39 is 23.2 Å². The first kappa shape index (κ1) is 13.1. The van der Waals surface area contributed by atoms with Crippen LogP contribution >= 0.6 is 0 Å². The fourth-order valence-corrected chi connectivity index (χ4v) is 1.71. The standard InChI is InChI=1S/C13H9F3N2O/c1-6-2-3-18-13(17)10(6)12(19)7-4-8(14)11(16)9(15)5-7/h2-5H,1H3,(H2,17,18). The molecule has 0 aliphatic carbocycles. The van der Waals surface area contributed by atoms with Crippen molar-refractivity contribution in [2.24, 2.45) is 0 Å². The van der Waals surface area contributed by atoms with E-state index in [1.165, 1.54) is 6.20 Å². The highest BCUT2D eigenvalue weighted by Crippen LogP contribution is 2.21. The van der Waals surface area contributed by atoms with Crippen molar-refractivity contribution in [1.29, 1.82) is 0 Å². The summed E-state index contributed by atoms with van der Waals surface area (Å²) in [6.45, 7) is 1.61. The Hall–Kier alpha value is -2.37. The van der Waals surface area contributed by atoms with Gasteiger partial charge in [0.05, 0.1) is 5.56 Å². The van der Waals surface area contributed by atoms with E-state index >= 15 is 0 Å². The number of halogens is 3. The van der Waals surface area contributed by atoms with Gasteiger partial charge in [0.25, 0.3) is 0 Å². The van der Waals surface area contributed by atoms with Crippen LogP contribution in [0.25, 0.3) is 0 Å². The minimum absolute atomic E-state index is 0.0462. The number of carbonyl (C=O) groups excluding carboxylic acids is 1. The second-order valence-electron chi connectivity index (χ2n) is 3.97. The Labute approximate surface area is 106 Å². The second-order valence-corrected chi connectivity index (χ2v) is 3.97. The molecule has 98 valence electrons. The number of anilines is 1. The molecule has 3 nitrogen and oxygen atoms in total. The average molecular weight is 266 g/mol. The van der Waals surface area contributed by atoms with Gasteiger partial charge in [0.15, 0.2) is 23.2 Å². The molecule has 1 heterocycles. The highest BCUT2D eigenvalue weighted by Gasteiger charge is 2.19. The molecule has 6 heteroatoms. The van der Waals surface area contributed by atoms with Crippen molar-refractivity contribution in [3.8, 4) is 0 Å². The van der Waals surface area contributed by atoms with Crippen molar-refractivity contribution in [2.75, 3.05) is 5.73 Å². The molecule has 19 heavy (non-hydrogen) atoms. The topological polar surface area (TPSA) is 56.0 Å². The van der Waals surface area contributed by atoms with Gasteiger partial charge in [-0.1, -0.05) is 0 Å². The molecule has 1 aromatic carbocycles. The van der Waals surface area contributed by atoms with Crippen molar-refractivity contribution in [3.63, 3.8) is 0 Å². The van der Waals surface area contributed by atoms with Gasteiger partial charge in [0, 0.05) is 11.8 Å². The number of hydrogen-bond acceptors (Lipinski definition) is 3. The normalized spacial score (nSPS) is 10.5. The van der Waals surface area contributed by atoms with Crippen molar-refractivity contribution in [2.45, 2.75) is 6.92 Å². The summed E-state index contributed by atoms with van der Waals surface area (Å²) in [5, 5.41) is 0. The number of rotatable bonds is 2. The first-order chi connectivity index (χ1) is 8.91. The van der Waals surface area contributed by atoms with E-state index in [0.29, 0.717) is 17.7 Å². The van der Waals surface area contributed by atoms with Crippen LogP contribution in [0, 0.1) is 24.4 Å². The molecule has 0 saturated carbocycles. The van der Waals surface area contributed by atoms with E-state index in [0.717, 1.165) is 0 Å². The Morgan fingerprint density at radius 3 is 2.32 bits per heavy atom. The monoisotopic (exact) mass is 266 g/mol. The van der Waals surface area contributed by atoms with Gasteiger partial charge >= 0.3 is 0 Å². The zero-order valence-electron chi connectivity index (χ0n) is 9.88. The maximum Gasteiger partial charge on any atom is 0.197 e. The van der Waals surface area contributed by atoms with Gasteiger partial charge < -0.3 is 5.73 Å². The molecule has 0 aliphatic heterocycles. The summed E-state index contributed by atoms with van der Waals surface area (Å²) in [6, 6.07) is 2.80. The van der Waals surface area contributed by atoms with Gasteiger partial charge in [0.2, 0.25) is 0 Å². The molecule has 0 spiro atoms.